The Morgan fingerprint density at radius 2 is 2.07 bits per heavy atom. The van der Waals surface area contributed by atoms with E-state index in [9.17, 15) is 4.79 Å². The summed E-state index contributed by atoms with van der Waals surface area (Å²) in [5, 5.41) is 9.51. The lowest BCUT2D eigenvalue weighted by molar-refractivity contribution is -0.116. The highest BCUT2D eigenvalue weighted by Crippen LogP contribution is 2.10. The van der Waals surface area contributed by atoms with Gasteiger partial charge in [0.25, 0.3) is 0 Å². The highest BCUT2D eigenvalue weighted by molar-refractivity contribution is 14.0. The van der Waals surface area contributed by atoms with Crippen molar-refractivity contribution in [1.82, 2.24) is 20.5 Å². The van der Waals surface area contributed by atoms with Crippen molar-refractivity contribution in [2.24, 2.45) is 4.99 Å². The molecule has 27 heavy (non-hydrogen) atoms. The maximum Gasteiger partial charge on any atom is 0.227 e. The van der Waals surface area contributed by atoms with Crippen LogP contribution in [0.15, 0.2) is 23.2 Å². The minimum atomic E-state index is -0.0565. The number of hydrogen-bond donors (Lipinski definition) is 3. The molecule has 1 aromatic rings. The van der Waals surface area contributed by atoms with Crippen LogP contribution in [0.2, 0.25) is 0 Å². The largest absolute Gasteiger partial charge is 0.356 e. The van der Waals surface area contributed by atoms with Gasteiger partial charge in [0.2, 0.25) is 5.91 Å². The van der Waals surface area contributed by atoms with E-state index < -0.39 is 0 Å². The summed E-state index contributed by atoms with van der Waals surface area (Å²) in [4.78, 5) is 23.1. The van der Waals surface area contributed by atoms with Crippen molar-refractivity contribution >= 4 is 41.7 Å². The van der Waals surface area contributed by atoms with Gasteiger partial charge in [-0.3, -0.25) is 9.79 Å². The Balaban J connectivity index is 0.00000364. The van der Waals surface area contributed by atoms with Gasteiger partial charge in [0, 0.05) is 44.8 Å². The Labute approximate surface area is 179 Å². The number of nitrogens with one attached hydrogen (secondary N) is 3. The molecule has 2 rings (SSSR count). The van der Waals surface area contributed by atoms with Crippen LogP contribution in [0.3, 0.4) is 0 Å². The number of halogens is 1. The fraction of sp³-hybridized carbons (Fsp3) is 0.632. The van der Waals surface area contributed by atoms with Crippen LogP contribution in [0, 0.1) is 6.92 Å². The van der Waals surface area contributed by atoms with Crippen LogP contribution in [0.25, 0.3) is 0 Å². The molecule has 0 bridgehead atoms. The summed E-state index contributed by atoms with van der Waals surface area (Å²) >= 11 is 0. The number of piperidine rings is 1. The van der Waals surface area contributed by atoms with Gasteiger partial charge in [0.05, 0.1) is 0 Å². The third-order valence-electron chi connectivity index (χ3n) is 4.49. The number of rotatable bonds is 7. The van der Waals surface area contributed by atoms with Gasteiger partial charge in [0.15, 0.2) is 5.96 Å². The molecule has 7 nitrogen and oxygen atoms in total. The average Bonchev–Trinajstić information content (AvgIpc) is 2.62. The first-order valence-electron chi connectivity index (χ1n) is 9.53. The van der Waals surface area contributed by atoms with Crippen molar-refractivity contribution in [3.63, 3.8) is 0 Å². The number of aromatic nitrogens is 1. The van der Waals surface area contributed by atoms with E-state index in [1.807, 2.05) is 19.1 Å². The number of pyridine rings is 1. The molecule has 0 aromatic carbocycles. The van der Waals surface area contributed by atoms with Crippen LogP contribution in [0.5, 0.6) is 0 Å². The molecule has 0 saturated carbocycles. The molecule has 0 unspecified atom stereocenters. The third kappa shape index (κ3) is 8.87. The van der Waals surface area contributed by atoms with E-state index in [-0.39, 0.29) is 29.9 Å². The van der Waals surface area contributed by atoms with Crippen LogP contribution in [-0.2, 0) is 4.79 Å². The van der Waals surface area contributed by atoms with Crippen molar-refractivity contribution in [2.45, 2.75) is 45.6 Å². The Hall–Kier alpha value is -1.42. The lowest BCUT2D eigenvalue weighted by Crippen LogP contribution is -2.49. The number of aryl methyl sites for hydroxylation is 1. The highest BCUT2D eigenvalue weighted by atomic mass is 127. The summed E-state index contributed by atoms with van der Waals surface area (Å²) in [5.41, 5.74) is 0.885. The molecular weight excluding hydrogens is 455 g/mol. The first-order valence-corrected chi connectivity index (χ1v) is 9.53. The van der Waals surface area contributed by atoms with Crippen LogP contribution < -0.4 is 16.0 Å². The molecule has 1 amide bonds. The zero-order chi connectivity index (χ0) is 18.8. The van der Waals surface area contributed by atoms with Gasteiger partial charge in [-0.15, -0.1) is 24.0 Å². The fourth-order valence-corrected chi connectivity index (χ4v) is 3.12. The minimum Gasteiger partial charge on any atom is -0.356 e. The Morgan fingerprint density at radius 1 is 1.33 bits per heavy atom. The molecule has 0 radical (unpaired) electrons. The zero-order valence-corrected chi connectivity index (χ0v) is 19.0. The summed E-state index contributed by atoms with van der Waals surface area (Å²) < 4.78 is 0. The summed E-state index contributed by atoms with van der Waals surface area (Å²) in [6, 6.07) is 6.02. The minimum absolute atomic E-state index is 0. The average molecular weight is 488 g/mol. The van der Waals surface area contributed by atoms with E-state index >= 15 is 0 Å². The number of aliphatic imine (C=N–C) groups is 1. The molecule has 1 fully saturated rings. The molecule has 2 heterocycles. The second-order valence-corrected chi connectivity index (χ2v) is 6.72. The lowest BCUT2D eigenvalue weighted by Gasteiger charge is -2.32. The van der Waals surface area contributed by atoms with Crippen LogP contribution in [0.1, 0.15) is 38.3 Å². The lowest BCUT2D eigenvalue weighted by atomic mass is 10.1. The summed E-state index contributed by atoms with van der Waals surface area (Å²) in [7, 11) is 1.76. The maximum absolute atomic E-state index is 12.0. The van der Waals surface area contributed by atoms with Crippen molar-refractivity contribution in [3.8, 4) is 0 Å². The Morgan fingerprint density at radius 3 is 2.70 bits per heavy atom. The van der Waals surface area contributed by atoms with E-state index in [0.717, 1.165) is 37.6 Å². The second kappa shape index (κ2) is 12.9. The quantitative estimate of drug-likeness (QED) is 0.312. The van der Waals surface area contributed by atoms with Gasteiger partial charge < -0.3 is 20.9 Å². The van der Waals surface area contributed by atoms with E-state index in [0.29, 0.717) is 24.8 Å². The summed E-state index contributed by atoms with van der Waals surface area (Å²) in [6.07, 6.45) is 3.83. The predicted molar refractivity (Wildman–Crippen MR) is 122 cm³/mol. The first-order chi connectivity index (χ1) is 12.6. The number of anilines is 1. The molecule has 3 N–H and O–H groups in total. The highest BCUT2D eigenvalue weighted by Gasteiger charge is 2.19. The molecule has 1 saturated heterocycles. The molecule has 0 spiro atoms. The maximum atomic E-state index is 12.0. The summed E-state index contributed by atoms with van der Waals surface area (Å²) in [6.45, 7) is 8.11. The number of likely N-dealkylation sites (tertiary alicyclic amines) is 1. The number of carbonyl (C=O) groups is 1. The molecule has 0 atom stereocenters. The Bertz CT molecular complexity index is 602. The normalized spacial score (nSPS) is 15.7. The molecule has 1 aromatic heterocycles. The van der Waals surface area contributed by atoms with Gasteiger partial charge >= 0.3 is 0 Å². The molecule has 1 aliphatic rings. The number of guanidine groups is 1. The van der Waals surface area contributed by atoms with Gasteiger partial charge in [-0.2, -0.15) is 0 Å². The van der Waals surface area contributed by atoms with Gasteiger partial charge in [-0.25, -0.2) is 4.98 Å². The number of nitrogens with zero attached hydrogens (tertiary/aromatic N) is 3. The number of hydrogen-bond acceptors (Lipinski definition) is 4. The van der Waals surface area contributed by atoms with Crippen LogP contribution in [0.4, 0.5) is 5.82 Å². The van der Waals surface area contributed by atoms with E-state index in [1.165, 1.54) is 13.0 Å². The van der Waals surface area contributed by atoms with Crippen LogP contribution in [-0.4, -0.2) is 61.0 Å². The molecule has 0 aliphatic carbocycles. The van der Waals surface area contributed by atoms with Crippen molar-refractivity contribution in [2.75, 3.05) is 38.5 Å². The fourth-order valence-electron chi connectivity index (χ4n) is 3.12. The standard InChI is InChI=1S/C19H32N6O.HI/c1-4-12-25-13-9-16(10-14-25)23-19(20-3)21-11-8-18(26)24-17-7-5-6-15(2)22-17;/h5-7,16H,4,8-14H2,1-3H3,(H2,20,21,23)(H,22,24,26);1H. The SMILES string of the molecule is CCCN1CCC(NC(=NC)NCCC(=O)Nc2cccc(C)n2)CC1.I. The molecule has 1 aliphatic heterocycles. The zero-order valence-electron chi connectivity index (χ0n) is 16.6. The van der Waals surface area contributed by atoms with Gasteiger partial charge in [-0.05, 0) is 44.9 Å². The second-order valence-electron chi connectivity index (χ2n) is 6.72. The first kappa shape index (κ1) is 23.6. The van der Waals surface area contributed by atoms with E-state index in [1.54, 1.807) is 13.1 Å². The number of carbonyl (C=O) groups excluding carboxylic acids is 1. The third-order valence-corrected chi connectivity index (χ3v) is 4.49. The summed E-state index contributed by atoms with van der Waals surface area (Å²) in [5.74, 6) is 1.30. The molecule has 152 valence electrons. The monoisotopic (exact) mass is 488 g/mol. The van der Waals surface area contributed by atoms with E-state index in [2.05, 4.69) is 37.8 Å². The predicted octanol–water partition coefficient (Wildman–Crippen LogP) is 2.38. The number of amides is 1. The topological polar surface area (TPSA) is 81.6 Å². The molecule has 8 heteroatoms. The van der Waals surface area contributed by atoms with Crippen molar-refractivity contribution < 1.29 is 4.79 Å². The van der Waals surface area contributed by atoms with Gasteiger partial charge in [-0.1, -0.05) is 13.0 Å². The smallest absolute Gasteiger partial charge is 0.227 e. The molecular formula is C19H33IN6O. The van der Waals surface area contributed by atoms with Crippen LogP contribution >= 0.6 is 24.0 Å². The Kier molecular flexibility index (Phi) is 11.3. The van der Waals surface area contributed by atoms with Gasteiger partial charge in [0.1, 0.15) is 5.82 Å². The van der Waals surface area contributed by atoms with E-state index in [4.69, 9.17) is 0 Å². The van der Waals surface area contributed by atoms with Crippen molar-refractivity contribution in [1.29, 1.82) is 0 Å². The van der Waals surface area contributed by atoms with Crippen molar-refractivity contribution in [3.05, 3.63) is 23.9 Å².